The van der Waals surface area contributed by atoms with Gasteiger partial charge in [-0.25, -0.2) is 0 Å². The zero-order valence-electron chi connectivity index (χ0n) is 15.3. The van der Waals surface area contributed by atoms with E-state index in [1.54, 1.807) is 0 Å². The van der Waals surface area contributed by atoms with Crippen LogP contribution >= 0.6 is 0 Å². The second-order valence-corrected chi connectivity index (χ2v) is 6.83. The maximum absolute atomic E-state index is 13.2. The highest BCUT2D eigenvalue weighted by Crippen LogP contribution is 2.31. The van der Waals surface area contributed by atoms with Crippen LogP contribution in [0.3, 0.4) is 0 Å². The van der Waals surface area contributed by atoms with Crippen molar-refractivity contribution in [1.29, 1.82) is 0 Å². The Morgan fingerprint density at radius 1 is 1.23 bits per heavy atom. The summed E-state index contributed by atoms with van der Waals surface area (Å²) in [6.45, 7) is 4.98. The van der Waals surface area contributed by atoms with Gasteiger partial charge in [0.15, 0.2) is 12.1 Å². The average Bonchev–Trinajstić information content (AvgIpc) is 3.16. The summed E-state index contributed by atoms with van der Waals surface area (Å²) in [5.41, 5.74) is 2.81. The van der Waals surface area contributed by atoms with Gasteiger partial charge >= 0.3 is 0 Å². The summed E-state index contributed by atoms with van der Waals surface area (Å²) in [5, 5.41) is 2.94. The third-order valence-corrected chi connectivity index (χ3v) is 4.89. The molecular formula is C22H25NO3. The van der Waals surface area contributed by atoms with Crippen molar-refractivity contribution in [2.24, 2.45) is 0 Å². The number of ketones is 1. The Hall–Kier alpha value is -2.30. The van der Waals surface area contributed by atoms with E-state index in [9.17, 15) is 9.59 Å². The van der Waals surface area contributed by atoms with E-state index in [1.165, 1.54) is 5.56 Å². The highest BCUT2D eigenvalue weighted by molar-refractivity contribution is 6.05. The van der Waals surface area contributed by atoms with Gasteiger partial charge in [-0.15, -0.1) is 0 Å². The summed E-state index contributed by atoms with van der Waals surface area (Å²) in [6, 6.07) is 16.3. The molecule has 4 heteroatoms. The molecule has 2 aromatic carbocycles. The maximum Gasteiger partial charge on any atom is 0.236 e. The molecule has 3 rings (SSSR count). The number of carbonyl (C=O) groups is 2. The first kappa shape index (κ1) is 18.5. The lowest BCUT2D eigenvalue weighted by atomic mass is 9.84. The van der Waals surface area contributed by atoms with Crippen LogP contribution in [0.25, 0.3) is 11.1 Å². The van der Waals surface area contributed by atoms with E-state index in [4.69, 9.17) is 4.74 Å². The molecule has 1 aliphatic heterocycles. The molecule has 0 aliphatic carbocycles. The predicted molar refractivity (Wildman–Crippen MR) is 102 cm³/mol. The minimum absolute atomic E-state index is 0.201. The third-order valence-electron chi connectivity index (χ3n) is 4.89. The second-order valence-electron chi connectivity index (χ2n) is 6.83. The first-order chi connectivity index (χ1) is 12.6. The Morgan fingerprint density at radius 3 is 2.58 bits per heavy atom. The number of ether oxygens (including phenoxy) is 1. The molecule has 0 radical (unpaired) electrons. The highest BCUT2D eigenvalue weighted by Gasteiger charge is 2.45. The first-order valence-corrected chi connectivity index (χ1v) is 9.16. The van der Waals surface area contributed by atoms with Crippen molar-refractivity contribution in [2.45, 2.75) is 38.3 Å². The number of hydrogen-bond donors (Lipinski definition) is 1. The molecule has 1 N–H and O–H groups in total. The van der Waals surface area contributed by atoms with E-state index < -0.39 is 5.72 Å². The molecule has 26 heavy (non-hydrogen) atoms. The van der Waals surface area contributed by atoms with Crippen molar-refractivity contribution in [3.05, 3.63) is 59.7 Å². The van der Waals surface area contributed by atoms with E-state index >= 15 is 0 Å². The lowest BCUT2D eigenvalue weighted by Crippen LogP contribution is -2.52. The summed E-state index contributed by atoms with van der Waals surface area (Å²) in [7, 11) is 0. The molecule has 1 fully saturated rings. The van der Waals surface area contributed by atoms with Crippen LogP contribution in [0.1, 0.15) is 36.8 Å². The SMILES string of the molecule is CCCC(C(=O)C1(C=O)NCCO1)c1cccc(-c2cccc(C)c2)c1. The molecule has 136 valence electrons. The lowest BCUT2D eigenvalue weighted by Gasteiger charge is -2.26. The molecule has 0 amide bonds. The van der Waals surface area contributed by atoms with Crippen LogP contribution in [0.5, 0.6) is 0 Å². The van der Waals surface area contributed by atoms with Crippen molar-refractivity contribution in [2.75, 3.05) is 13.2 Å². The fourth-order valence-electron chi connectivity index (χ4n) is 3.55. The normalized spacial score (nSPS) is 20.7. The number of benzene rings is 2. The molecule has 0 spiro atoms. The van der Waals surface area contributed by atoms with Crippen molar-refractivity contribution in [1.82, 2.24) is 5.32 Å². The van der Waals surface area contributed by atoms with Crippen LogP contribution in [-0.4, -0.2) is 30.9 Å². The molecule has 1 saturated heterocycles. The number of carbonyl (C=O) groups excluding carboxylic acids is 2. The van der Waals surface area contributed by atoms with Crippen molar-refractivity contribution in [3.8, 4) is 11.1 Å². The van der Waals surface area contributed by atoms with Crippen LogP contribution < -0.4 is 5.32 Å². The molecule has 4 nitrogen and oxygen atoms in total. The Bertz CT molecular complexity index is 793. The quantitative estimate of drug-likeness (QED) is 0.611. The van der Waals surface area contributed by atoms with Gasteiger partial charge in [0.1, 0.15) is 0 Å². The number of hydrogen-bond acceptors (Lipinski definition) is 4. The number of nitrogens with one attached hydrogen (secondary N) is 1. The van der Waals surface area contributed by atoms with E-state index in [2.05, 4.69) is 36.5 Å². The molecule has 1 aliphatic rings. The standard InChI is InChI=1S/C22H25NO3/c1-3-6-20(21(25)22(15-24)23-11-12-26-22)19-10-5-9-18(14-19)17-8-4-7-16(2)13-17/h4-5,7-10,13-15,20,23H,3,6,11-12H2,1-2H3. The topological polar surface area (TPSA) is 55.4 Å². The Labute approximate surface area is 154 Å². The van der Waals surface area contributed by atoms with Crippen LogP contribution in [-0.2, 0) is 14.3 Å². The molecule has 2 atom stereocenters. The second kappa shape index (κ2) is 7.94. The minimum Gasteiger partial charge on any atom is -0.346 e. The molecule has 2 aromatic rings. The van der Waals surface area contributed by atoms with Crippen LogP contribution in [0.15, 0.2) is 48.5 Å². The van der Waals surface area contributed by atoms with Crippen molar-refractivity contribution < 1.29 is 14.3 Å². The van der Waals surface area contributed by atoms with E-state index in [0.29, 0.717) is 25.9 Å². The van der Waals surface area contributed by atoms with Crippen molar-refractivity contribution >= 4 is 12.1 Å². The van der Waals surface area contributed by atoms with Gasteiger partial charge < -0.3 is 4.74 Å². The largest absolute Gasteiger partial charge is 0.346 e. The molecule has 0 bridgehead atoms. The zero-order chi connectivity index (χ0) is 18.6. The maximum atomic E-state index is 13.2. The molecule has 1 heterocycles. The van der Waals surface area contributed by atoms with E-state index in [0.717, 1.165) is 23.1 Å². The van der Waals surface area contributed by atoms with Gasteiger partial charge in [-0.05, 0) is 30.0 Å². The Balaban J connectivity index is 1.97. The Morgan fingerprint density at radius 2 is 1.96 bits per heavy atom. The van der Waals surface area contributed by atoms with Gasteiger partial charge in [0.2, 0.25) is 5.72 Å². The summed E-state index contributed by atoms with van der Waals surface area (Å²) in [6.07, 6.45) is 2.13. The predicted octanol–water partition coefficient (Wildman–Crippen LogP) is 3.63. The lowest BCUT2D eigenvalue weighted by molar-refractivity contribution is -0.148. The first-order valence-electron chi connectivity index (χ1n) is 9.16. The zero-order valence-corrected chi connectivity index (χ0v) is 15.3. The summed E-state index contributed by atoms with van der Waals surface area (Å²) < 4.78 is 5.50. The third kappa shape index (κ3) is 3.62. The number of aryl methyl sites for hydroxylation is 1. The van der Waals surface area contributed by atoms with Gasteiger partial charge in [0, 0.05) is 12.5 Å². The monoisotopic (exact) mass is 351 g/mol. The fraction of sp³-hybridized carbons (Fsp3) is 0.364. The average molecular weight is 351 g/mol. The number of rotatable bonds is 7. The van der Waals surface area contributed by atoms with Gasteiger partial charge in [-0.3, -0.25) is 14.9 Å². The highest BCUT2D eigenvalue weighted by atomic mass is 16.5. The van der Waals surface area contributed by atoms with E-state index in [1.807, 2.05) is 31.2 Å². The molecule has 0 saturated carbocycles. The molecule has 2 unspecified atom stereocenters. The van der Waals surface area contributed by atoms with Crippen LogP contribution in [0.4, 0.5) is 0 Å². The van der Waals surface area contributed by atoms with Gasteiger partial charge in [0.25, 0.3) is 0 Å². The molecule has 0 aromatic heterocycles. The van der Waals surface area contributed by atoms with Gasteiger partial charge in [0.05, 0.1) is 6.61 Å². The number of aldehydes is 1. The van der Waals surface area contributed by atoms with Gasteiger partial charge in [-0.2, -0.15) is 0 Å². The van der Waals surface area contributed by atoms with Crippen LogP contribution in [0.2, 0.25) is 0 Å². The van der Waals surface area contributed by atoms with Gasteiger partial charge in [-0.1, -0.05) is 67.4 Å². The summed E-state index contributed by atoms with van der Waals surface area (Å²) in [4.78, 5) is 24.8. The number of Topliss-reactive ketones (excluding diaryl/α,β-unsaturated/α-hetero) is 1. The van der Waals surface area contributed by atoms with Crippen LogP contribution in [0, 0.1) is 6.92 Å². The van der Waals surface area contributed by atoms with Crippen molar-refractivity contribution in [3.63, 3.8) is 0 Å². The minimum atomic E-state index is -1.50. The van der Waals surface area contributed by atoms with E-state index in [-0.39, 0.29) is 11.7 Å². The smallest absolute Gasteiger partial charge is 0.236 e. The Kier molecular flexibility index (Phi) is 5.64. The fourth-order valence-corrected chi connectivity index (χ4v) is 3.55. The summed E-state index contributed by atoms with van der Waals surface area (Å²) >= 11 is 0. The summed E-state index contributed by atoms with van der Waals surface area (Å²) in [5.74, 6) is -0.575. The molecular weight excluding hydrogens is 326 g/mol.